The molecule has 0 aromatic heterocycles. The number of carboxylic acid groups (broad SMARTS) is 1. The van der Waals surface area contributed by atoms with E-state index in [1.807, 2.05) is 0 Å². The van der Waals surface area contributed by atoms with E-state index in [0.29, 0.717) is 6.07 Å². The smallest absolute Gasteiger partial charge is 0.338 e. The molecule has 0 unspecified atom stereocenters. The predicted octanol–water partition coefficient (Wildman–Crippen LogP) is 2.87. The van der Waals surface area contributed by atoms with Crippen LogP contribution in [0.4, 0.5) is 13.2 Å². The van der Waals surface area contributed by atoms with Gasteiger partial charge in [-0.2, -0.15) is 0 Å². The van der Waals surface area contributed by atoms with E-state index in [-0.39, 0.29) is 5.56 Å². The lowest BCUT2D eigenvalue weighted by molar-refractivity contribution is 0.0690. The summed E-state index contributed by atoms with van der Waals surface area (Å²) in [4.78, 5) is 10.5. The van der Waals surface area contributed by atoms with Gasteiger partial charge in [0, 0.05) is 0 Å². The number of aromatic carboxylic acids is 1. The van der Waals surface area contributed by atoms with E-state index in [0.717, 1.165) is 19.9 Å². The van der Waals surface area contributed by atoms with Crippen LogP contribution >= 0.6 is 0 Å². The first kappa shape index (κ1) is 11.6. The van der Waals surface area contributed by atoms with Gasteiger partial charge in [-0.3, -0.25) is 0 Å². The van der Waals surface area contributed by atoms with Crippen molar-refractivity contribution in [1.82, 2.24) is 0 Å². The number of benzene rings is 1. The number of alkyl halides is 1. The minimum Gasteiger partial charge on any atom is -0.478 e. The summed E-state index contributed by atoms with van der Waals surface area (Å²) in [5, 5.41) is 8.55. The van der Waals surface area contributed by atoms with Gasteiger partial charge in [0.1, 0.15) is 5.67 Å². The van der Waals surface area contributed by atoms with Gasteiger partial charge in [0.15, 0.2) is 11.6 Å². The Kier molecular flexibility index (Phi) is 2.75. The van der Waals surface area contributed by atoms with Crippen LogP contribution in [0.5, 0.6) is 0 Å². The predicted molar refractivity (Wildman–Crippen MR) is 47.5 cm³/mol. The van der Waals surface area contributed by atoms with Crippen molar-refractivity contribution >= 4 is 5.97 Å². The maximum atomic E-state index is 13.4. The van der Waals surface area contributed by atoms with E-state index in [1.54, 1.807) is 0 Å². The van der Waals surface area contributed by atoms with Crippen molar-refractivity contribution < 1.29 is 23.1 Å². The average molecular weight is 218 g/mol. The monoisotopic (exact) mass is 218 g/mol. The van der Waals surface area contributed by atoms with Crippen LogP contribution in [-0.2, 0) is 5.67 Å². The van der Waals surface area contributed by atoms with Crippen molar-refractivity contribution in [3.63, 3.8) is 0 Å². The van der Waals surface area contributed by atoms with E-state index >= 15 is 0 Å². The normalized spacial score (nSPS) is 11.5. The molecule has 5 heteroatoms. The number of rotatable bonds is 2. The molecule has 0 spiro atoms. The number of hydrogen-bond donors (Lipinski definition) is 1. The Morgan fingerprint density at radius 1 is 1.33 bits per heavy atom. The fourth-order valence-electron chi connectivity index (χ4n) is 1.09. The summed E-state index contributed by atoms with van der Waals surface area (Å²) in [7, 11) is 0. The quantitative estimate of drug-likeness (QED) is 0.828. The molecule has 0 atom stereocenters. The largest absolute Gasteiger partial charge is 0.478 e. The Morgan fingerprint density at radius 3 is 2.27 bits per heavy atom. The molecule has 1 rings (SSSR count). The molecule has 0 aliphatic carbocycles. The highest BCUT2D eigenvalue weighted by Gasteiger charge is 2.24. The molecule has 0 amide bonds. The summed E-state index contributed by atoms with van der Waals surface area (Å²) < 4.78 is 39.3. The molecule has 0 radical (unpaired) electrons. The van der Waals surface area contributed by atoms with Gasteiger partial charge in [0.25, 0.3) is 0 Å². The van der Waals surface area contributed by atoms with E-state index < -0.39 is 28.8 Å². The Bertz CT molecular complexity index is 408. The van der Waals surface area contributed by atoms with Crippen molar-refractivity contribution in [2.75, 3.05) is 0 Å². The molecule has 0 saturated heterocycles. The third-order valence-corrected chi connectivity index (χ3v) is 1.95. The lowest BCUT2D eigenvalue weighted by atomic mass is 9.97. The van der Waals surface area contributed by atoms with Gasteiger partial charge in [-0.15, -0.1) is 0 Å². The fraction of sp³-hybridized carbons (Fsp3) is 0.300. The second-order valence-corrected chi connectivity index (χ2v) is 3.60. The third kappa shape index (κ3) is 2.29. The van der Waals surface area contributed by atoms with Crippen LogP contribution in [0, 0.1) is 11.6 Å². The maximum absolute atomic E-state index is 13.4. The topological polar surface area (TPSA) is 37.3 Å². The van der Waals surface area contributed by atoms with Crippen LogP contribution in [-0.4, -0.2) is 11.1 Å². The van der Waals surface area contributed by atoms with Crippen LogP contribution in [0.2, 0.25) is 0 Å². The molecule has 0 fully saturated rings. The highest BCUT2D eigenvalue weighted by molar-refractivity contribution is 5.88. The van der Waals surface area contributed by atoms with Gasteiger partial charge in [0.2, 0.25) is 0 Å². The van der Waals surface area contributed by atoms with E-state index in [1.165, 1.54) is 0 Å². The lowest BCUT2D eigenvalue weighted by Crippen LogP contribution is -2.13. The minimum atomic E-state index is -1.92. The Balaban J connectivity index is 3.43. The van der Waals surface area contributed by atoms with Crippen LogP contribution in [0.25, 0.3) is 0 Å². The number of halogens is 3. The van der Waals surface area contributed by atoms with Gasteiger partial charge in [-0.05, 0) is 31.5 Å². The van der Waals surface area contributed by atoms with Crippen molar-refractivity contribution in [2.45, 2.75) is 19.5 Å². The first-order chi connectivity index (χ1) is 6.73. The summed E-state index contributed by atoms with van der Waals surface area (Å²) in [6.45, 7) is 2.26. The average Bonchev–Trinajstić information content (AvgIpc) is 2.06. The van der Waals surface area contributed by atoms with Crippen LogP contribution in [0.3, 0.4) is 0 Å². The van der Waals surface area contributed by atoms with Crippen LogP contribution < -0.4 is 0 Å². The van der Waals surface area contributed by atoms with Gasteiger partial charge in [0.05, 0.1) is 5.56 Å². The third-order valence-electron chi connectivity index (χ3n) is 1.95. The van der Waals surface area contributed by atoms with Crippen LogP contribution in [0.15, 0.2) is 12.1 Å². The van der Waals surface area contributed by atoms with Crippen molar-refractivity contribution in [1.29, 1.82) is 0 Å². The molecule has 0 bridgehead atoms. The molecule has 82 valence electrons. The molecular formula is C10H9F3O2. The van der Waals surface area contributed by atoms with Gasteiger partial charge in [-0.25, -0.2) is 18.0 Å². The van der Waals surface area contributed by atoms with Crippen molar-refractivity contribution in [2.24, 2.45) is 0 Å². The molecule has 0 heterocycles. The Labute approximate surface area is 84.3 Å². The SMILES string of the molecule is CC(C)(F)c1cc(F)c(F)c(C(=O)O)c1. The summed E-state index contributed by atoms with van der Waals surface area (Å²) in [6.07, 6.45) is 0. The molecule has 2 nitrogen and oxygen atoms in total. The van der Waals surface area contributed by atoms with Gasteiger partial charge >= 0.3 is 5.97 Å². The zero-order valence-electron chi connectivity index (χ0n) is 8.14. The molecule has 0 aliphatic heterocycles. The molecule has 0 aliphatic rings. The molecular weight excluding hydrogens is 209 g/mol. The van der Waals surface area contributed by atoms with Gasteiger partial charge in [-0.1, -0.05) is 0 Å². The highest BCUT2D eigenvalue weighted by Crippen LogP contribution is 2.27. The summed E-state index contributed by atoms with van der Waals surface area (Å²) >= 11 is 0. The van der Waals surface area contributed by atoms with Crippen molar-refractivity contribution in [3.05, 3.63) is 34.9 Å². The molecule has 1 aromatic carbocycles. The molecule has 0 saturated carbocycles. The maximum Gasteiger partial charge on any atom is 0.338 e. The van der Waals surface area contributed by atoms with Gasteiger partial charge < -0.3 is 5.11 Å². The first-order valence-electron chi connectivity index (χ1n) is 4.15. The van der Waals surface area contributed by atoms with E-state index in [4.69, 9.17) is 5.11 Å². The lowest BCUT2D eigenvalue weighted by Gasteiger charge is -2.15. The summed E-state index contributed by atoms with van der Waals surface area (Å²) in [5.41, 5.74) is -2.99. The van der Waals surface area contributed by atoms with E-state index in [2.05, 4.69) is 0 Å². The highest BCUT2D eigenvalue weighted by atomic mass is 19.2. The zero-order chi connectivity index (χ0) is 11.8. The fourth-order valence-corrected chi connectivity index (χ4v) is 1.09. The standard InChI is InChI=1S/C10H9F3O2/c1-10(2,13)5-3-6(9(14)15)8(12)7(11)4-5/h3-4H,1-2H3,(H,14,15). The van der Waals surface area contributed by atoms with E-state index in [9.17, 15) is 18.0 Å². The van der Waals surface area contributed by atoms with Crippen molar-refractivity contribution in [3.8, 4) is 0 Å². The van der Waals surface area contributed by atoms with Crippen LogP contribution in [0.1, 0.15) is 29.8 Å². The number of hydrogen-bond acceptors (Lipinski definition) is 1. The number of carbonyl (C=O) groups is 1. The minimum absolute atomic E-state index is 0.209. The molecule has 1 aromatic rings. The second kappa shape index (κ2) is 3.56. The molecule has 1 N–H and O–H groups in total. The Hall–Kier alpha value is -1.52. The molecule has 15 heavy (non-hydrogen) atoms. The zero-order valence-corrected chi connectivity index (χ0v) is 8.14. The second-order valence-electron chi connectivity index (χ2n) is 3.60. The first-order valence-corrected chi connectivity index (χ1v) is 4.15. The summed E-state index contributed by atoms with van der Waals surface area (Å²) in [5.74, 6) is -4.47. The Morgan fingerprint density at radius 2 is 1.87 bits per heavy atom. The number of carboxylic acids is 1. The summed E-state index contributed by atoms with van der Waals surface area (Å²) in [6, 6.07) is 1.45.